The Morgan fingerprint density at radius 3 is 2.68 bits per heavy atom. The van der Waals surface area contributed by atoms with Crippen LogP contribution >= 0.6 is 0 Å². The highest BCUT2D eigenvalue weighted by Gasteiger charge is 2.27. The SMILES string of the molecule is CCCNC(=O)N(Cc1c(-c2ccccc2)nn(C)c1Oc1ccc(F)cc1)CC1CCCO1. The lowest BCUT2D eigenvalue weighted by Gasteiger charge is -2.26. The lowest BCUT2D eigenvalue weighted by atomic mass is 10.1. The molecule has 8 heteroatoms. The van der Waals surface area contributed by atoms with E-state index in [2.05, 4.69) is 5.32 Å². The number of hydrogen-bond acceptors (Lipinski definition) is 4. The Kier molecular flexibility index (Phi) is 7.80. The average Bonchev–Trinajstić information content (AvgIpc) is 3.47. The zero-order valence-electron chi connectivity index (χ0n) is 19.7. The summed E-state index contributed by atoms with van der Waals surface area (Å²) in [6.07, 6.45) is 2.77. The highest BCUT2D eigenvalue weighted by Crippen LogP contribution is 2.34. The lowest BCUT2D eigenvalue weighted by molar-refractivity contribution is 0.0793. The molecule has 7 nitrogen and oxygen atoms in total. The van der Waals surface area contributed by atoms with Crippen molar-refractivity contribution in [3.05, 3.63) is 66.0 Å². The monoisotopic (exact) mass is 466 g/mol. The number of nitrogens with zero attached hydrogens (tertiary/aromatic N) is 3. The maximum Gasteiger partial charge on any atom is 0.317 e. The highest BCUT2D eigenvalue weighted by atomic mass is 19.1. The number of carbonyl (C=O) groups excluding carboxylic acids is 1. The van der Waals surface area contributed by atoms with Crippen molar-refractivity contribution in [1.29, 1.82) is 0 Å². The number of rotatable bonds is 9. The van der Waals surface area contributed by atoms with Crippen LogP contribution in [-0.2, 0) is 18.3 Å². The van der Waals surface area contributed by atoms with E-state index in [1.807, 2.05) is 37.3 Å². The van der Waals surface area contributed by atoms with Crippen LogP contribution in [0.5, 0.6) is 11.6 Å². The third-order valence-electron chi connectivity index (χ3n) is 5.77. The Labute approximate surface area is 199 Å². The molecule has 0 bridgehead atoms. The zero-order chi connectivity index (χ0) is 23.9. The molecule has 180 valence electrons. The van der Waals surface area contributed by atoms with Gasteiger partial charge in [0.25, 0.3) is 0 Å². The van der Waals surface area contributed by atoms with Crippen molar-refractivity contribution in [2.75, 3.05) is 19.7 Å². The third kappa shape index (κ3) is 5.75. The minimum atomic E-state index is -0.335. The summed E-state index contributed by atoms with van der Waals surface area (Å²) in [5.74, 6) is 0.662. The molecule has 0 spiro atoms. The number of benzene rings is 2. The molecule has 1 unspecified atom stereocenters. The van der Waals surface area contributed by atoms with Crippen LogP contribution in [0.15, 0.2) is 54.6 Å². The maximum absolute atomic E-state index is 13.4. The number of nitrogens with one attached hydrogen (secondary N) is 1. The summed E-state index contributed by atoms with van der Waals surface area (Å²) in [4.78, 5) is 14.9. The van der Waals surface area contributed by atoms with Gasteiger partial charge in [-0.3, -0.25) is 0 Å². The molecule has 1 saturated heterocycles. The minimum absolute atomic E-state index is 0.00527. The van der Waals surface area contributed by atoms with E-state index in [0.29, 0.717) is 31.3 Å². The molecule has 1 fully saturated rings. The molecule has 2 heterocycles. The fraction of sp³-hybridized carbons (Fsp3) is 0.385. The first-order valence-corrected chi connectivity index (χ1v) is 11.7. The number of hydrogen-bond donors (Lipinski definition) is 1. The molecule has 34 heavy (non-hydrogen) atoms. The highest BCUT2D eigenvalue weighted by molar-refractivity contribution is 5.75. The van der Waals surface area contributed by atoms with E-state index < -0.39 is 0 Å². The molecule has 0 aliphatic carbocycles. The first-order valence-electron chi connectivity index (χ1n) is 11.7. The molecule has 1 atom stereocenters. The van der Waals surface area contributed by atoms with Gasteiger partial charge in [0.05, 0.1) is 18.2 Å². The van der Waals surface area contributed by atoms with Crippen LogP contribution < -0.4 is 10.1 Å². The summed E-state index contributed by atoms with van der Waals surface area (Å²) in [7, 11) is 1.80. The Balaban J connectivity index is 1.70. The van der Waals surface area contributed by atoms with Crippen molar-refractivity contribution < 1.29 is 18.7 Å². The standard InChI is InChI=1S/C26H31FN4O3/c1-3-15-28-26(32)31(17-22-10-7-16-33-22)18-23-24(19-8-5-4-6-9-19)29-30(2)25(23)34-21-13-11-20(27)12-14-21/h4-6,8-9,11-14,22H,3,7,10,15-18H2,1-2H3,(H,28,32). The molecule has 0 saturated carbocycles. The van der Waals surface area contributed by atoms with Gasteiger partial charge in [-0.25, -0.2) is 13.9 Å². The molecule has 1 aromatic heterocycles. The van der Waals surface area contributed by atoms with E-state index in [1.54, 1.807) is 28.8 Å². The second kappa shape index (κ2) is 11.2. The normalized spacial score (nSPS) is 15.3. The minimum Gasteiger partial charge on any atom is -0.439 e. The van der Waals surface area contributed by atoms with E-state index in [1.165, 1.54) is 12.1 Å². The number of carbonyl (C=O) groups is 1. The van der Waals surface area contributed by atoms with Crippen LogP contribution in [0.3, 0.4) is 0 Å². The number of urea groups is 1. The third-order valence-corrected chi connectivity index (χ3v) is 5.77. The van der Waals surface area contributed by atoms with Gasteiger partial charge in [0.1, 0.15) is 17.3 Å². The Morgan fingerprint density at radius 1 is 1.24 bits per heavy atom. The molecular formula is C26H31FN4O3. The molecule has 1 aliphatic rings. The van der Waals surface area contributed by atoms with Gasteiger partial charge >= 0.3 is 6.03 Å². The van der Waals surface area contributed by atoms with Crippen molar-refractivity contribution in [2.24, 2.45) is 7.05 Å². The first kappa shape index (κ1) is 23.8. The van der Waals surface area contributed by atoms with Crippen molar-refractivity contribution in [3.8, 4) is 22.9 Å². The lowest BCUT2D eigenvalue weighted by Crippen LogP contribution is -2.43. The van der Waals surface area contributed by atoms with Gasteiger partial charge in [-0.2, -0.15) is 5.10 Å². The summed E-state index contributed by atoms with van der Waals surface area (Å²) < 4.78 is 27.1. The molecule has 1 aliphatic heterocycles. The van der Waals surface area contributed by atoms with Gasteiger partial charge in [-0.05, 0) is 43.5 Å². The van der Waals surface area contributed by atoms with E-state index in [4.69, 9.17) is 14.6 Å². The van der Waals surface area contributed by atoms with Crippen molar-refractivity contribution in [3.63, 3.8) is 0 Å². The quantitative estimate of drug-likeness (QED) is 0.475. The second-order valence-corrected chi connectivity index (χ2v) is 8.43. The van der Waals surface area contributed by atoms with Crippen molar-refractivity contribution in [2.45, 2.75) is 38.8 Å². The van der Waals surface area contributed by atoms with Crippen LogP contribution in [0, 0.1) is 5.82 Å². The summed E-state index contributed by atoms with van der Waals surface area (Å²) in [5.41, 5.74) is 2.44. The summed E-state index contributed by atoms with van der Waals surface area (Å²) in [6, 6.07) is 15.5. The topological polar surface area (TPSA) is 68.6 Å². The maximum atomic E-state index is 13.4. The van der Waals surface area contributed by atoms with Crippen LogP contribution in [-0.4, -0.2) is 46.5 Å². The number of aryl methyl sites for hydroxylation is 1. The van der Waals surface area contributed by atoms with Crippen LogP contribution in [0.1, 0.15) is 31.7 Å². The average molecular weight is 467 g/mol. The fourth-order valence-electron chi connectivity index (χ4n) is 4.05. The second-order valence-electron chi connectivity index (χ2n) is 8.43. The molecular weight excluding hydrogens is 435 g/mol. The summed E-state index contributed by atoms with van der Waals surface area (Å²) in [5, 5.41) is 7.72. The molecule has 4 rings (SSSR count). The summed E-state index contributed by atoms with van der Waals surface area (Å²) >= 11 is 0. The van der Waals surface area contributed by atoms with Gasteiger partial charge in [-0.15, -0.1) is 0 Å². The molecule has 2 aromatic carbocycles. The number of halogens is 1. The van der Waals surface area contributed by atoms with Crippen LogP contribution in [0.25, 0.3) is 11.3 Å². The smallest absolute Gasteiger partial charge is 0.317 e. The predicted octanol–water partition coefficient (Wildman–Crippen LogP) is 5.12. The van der Waals surface area contributed by atoms with Crippen molar-refractivity contribution in [1.82, 2.24) is 20.0 Å². The Morgan fingerprint density at radius 2 is 2.00 bits per heavy atom. The first-order chi connectivity index (χ1) is 16.5. The fourth-order valence-corrected chi connectivity index (χ4v) is 4.05. The van der Waals surface area contributed by atoms with Crippen molar-refractivity contribution >= 4 is 6.03 Å². The van der Waals surface area contributed by atoms with Gasteiger partial charge in [0, 0.05) is 32.3 Å². The number of ether oxygens (including phenoxy) is 2. The Bertz CT molecular complexity index is 1080. The summed E-state index contributed by atoms with van der Waals surface area (Å²) in [6.45, 7) is 4.11. The Hall–Kier alpha value is -3.39. The van der Waals surface area contributed by atoms with Gasteiger partial charge in [0.2, 0.25) is 5.88 Å². The van der Waals surface area contributed by atoms with Gasteiger partial charge in [0.15, 0.2) is 0 Å². The zero-order valence-corrected chi connectivity index (χ0v) is 19.7. The van der Waals surface area contributed by atoms with E-state index in [-0.39, 0.29) is 18.0 Å². The van der Waals surface area contributed by atoms with E-state index >= 15 is 0 Å². The number of aromatic nitrogens is 2. The van der Waals surface area contributed by atoms with Gasteiger partial charge < -0.3 is 19.7 Å². The molecule has 0 radical (unpaired) electrons. The molecule has 1 N–H and O–H groups in total. The van der Waals surface area contributed by atoms with Crippen LogP contribution in [0.2, 0.25) is 0 Å². The van der Waals surface area contributed by atoms with Gasteiger partial charge in [-0.1, -0.05) is 37.3 Å². The molecule has 3 aromatic rings. The van der Waals surface area contributed by atoms with E-state index in [0.717, 1.165) is 42.7 Å². The van der Waals surface area contributed by atoms with E-state index in [9.17, 15) is 9.18 Å². The largest absolute Gasteiger partial charge is 0.439 e. The molecule has 2 amide bonds. The van der Waals surface area contributed by atoms with Crippen LogP contribution in [0.4, 0.5) is 9.18 Å². The number of amides is 2. The predicted molar refractivity (Wildman–Crippen MR) is 128 cm³/mol.